The molecule has 0 bridgehead atoms. The fourth-order valence-electron chi connectivity index (χ4n) is 3.46. The number of carbonyl (C=O) groups is 1. The monoisotopic (exact) mass is 363 g/mol. The number of rotatable bonds is 3. The Morgan fingerprint density at radius 1 is 1.32 bits per heavy atom. The lowest BCUT2D eigenvalue weighted by Crippen LogP contribution is -2.39. The summed E-state index contributed by atoms with van der Waals surface area (Å²) in [6.07, 6.45) is 5.45. The number of ether oxygens (including phenoxy) is 1. The smallest absolute Gasteiger partial charge is 0.338 e. The predicted molar refractivity (Wildman–Crippen MR) is 92.5 cm³/mol. The highest BCUT2D eigenvalue weighted by atomic mass is 79.9. The third-order valence-corrected chi connectivity index (χ3v) is 5.90. The third kappa shape index (κ3) is 2.81. The Labute approximate surface area is 139 Å². The number of halogens is 1. The van der Waals surface area contributed by atoms with E-state index in [4.69, 9.17) is 4.74 Å². The third-order valence-electron chi connectivity index (χ3n) is 4.80. The number of nitrogens with zero attached hydrogens (tertiary/aromatic N) is 1. The lowest BCUT2D eigenvalue weighted by atomic mass is 9.89. The van der Waals surface area contributed by atoms with Gasteiger partial charge in [0, 0.05) is 29.5 Å². The first-order valence-electron chi connectivity index (χ1n) is 7.81. The highest BCUT2D eigenvalue weighted by Gasteiger charge is 2.40. The summed E-state index contributed by atoms with van der Waals surface area (Å²) >= 11 is 3.73. The van der Waals surface area contributed by atoms with Crippen molar-refractivity contribution in [2.45, 2.75) is 43.5 Å². The van der Waals surface area contributed by atoms with Gasteiger partial charge in [0.25, 0.3) is 0 Å². The molecule has 118 valence electrons. The first-order valence-corrected chi connectivity index (χ1v) is 8.72. The van der Waals surface area contributed by atoms with Crippen LogP contribution in [0.5, 0.6) is 0 Å². The zero-order valence-corrected chi connectivity index (χ0v) is 14.9. The molecule has 0 radical (unpaired) electrons. The lowest BCUT2D eigenvalue weighted by Gasteiger charge is -2.33. The van der Waals surface area contributed by atoms with Crippen LogP contribution in [0.3, 0.4) is 0 Å². The summed E-state index contributed by atoms with van der Waals surface area (Å²) in [6.45, 7) is 4.05. The Bertz CT molecular complexity index is 704. The molecule has 1 saturated carbocycles. The van der Waals surface area contributed by atoms with Crippen molar-refractivity contribution < 1.29 is 9.53 Å². The number of aryl methyl sites for hydroxylation is 1. The molecule has 1 aliphatic carbocycles. The highest BCUT2D eigenvalue weighted by Crippen LogP contribution is 2.40. The number of hydrogen-bond donors (Lipinski definition) is 0. The summed E-state index contributed by atoms with van der Waals surface area (Å²) in [5.74, 6) is 0.134. The molecule has 0 saturated heterocycles. The zero-order chi connectivity index (χ0) is 15.9. The van der Waals surface area contributed by atoms with E-state index in [1.165, 1.54) is 6.42 Å². The fourth-order valence-corrected chi connectivity index (χ4v) is 4.69. The molecule has 3 nitrogen and oxygen atoms in total. The van der Waals surface area contributed by atoms with Crippen molar-refractivity contribution in [3.05, 3.63) is 36.0 Å². The molecule has 1 fully saturated rings. The largest absolute Gasteiger partial charge is 0.456 e. The van der Waals surface area contributed by atoms with Crippen molar-refractivity contribution in [1.29, 1.82) is 0 Å². The Morgan fingerprint density at radius 3 is 2.77 bits per heavy atom. The molecule has 2 unspecified atom stereocenters. The average molecular weight is 364 g/mol. The van der Waals surface area contributed by atoms with Crippen molar-refractivity contribution in [3.63, 3.8) is 0 Å². The van der Waals surface area contributed by atoms with Crippen LogP contribution in [0.1, 0.15) is 43.5 Å². The number of carbonyl (C=O) groups excluding carboxylic acids is 1. The maximum absolute atomic E-state index is 12.6. The van der Waals surface area contributed by atoms with Gasteiger partial charge in [0.2, 0.25) is 0 Å². The number of esters is 1. The second kappa shape index (κ2) is 5.73. The minimum atomic E-state index is -0.453. The second-order valence-electron chi connectivity index (χ2n) is 6.75. The maximum Gasteiger partial charge on any atom is 0.338 e. The van der Waals surface area contributed by atoms with Crippen LogP contribution in [0.15, 0.2) is 30.5 Å². The number of aromatic nitrogens is 1. The molecule has 0 amide bonds. The van der Waals surface area contributed by atoms with Gasteiger partial charge < -0.3 is 9.30 Å². The van der Waals surface area contributed by atoms with Crippen LogP contribution in [-0.2, 0) is 11.8 Å². The molecule has 2 atom stereocenters. The molecule has 0 aliphatic heterocycles. The fraction of sp³-hybridized carbons (Fsp3) is 0.500. The van der Waals surface area contributed by atoms with E-state index >= 15 is 0 Å². The van der Waals surface area contributed by atoms with Crippen molar-refractivity contribution in [1.82, 2.24) is 4.57 Å². The van der Waals surface area contributed by atoms with Gasteiger partial charge in [-0.3, -0.25) is 0 Å². The van der Waals surface area contributed by atoms with E-state index in [0.717, 1.165) is 23.7 Å². The summed E-state index contributed by atoms with van der Waals surface area (Å²) in [4.78, 5) is 13.0. The van der Waals surface area contributed by atoms with E-state index < -0.39 is 5.60 Å². The normalized spacial score (nSPS) is 22.2. The predicted octanol–water partition coefficient (Wildman–Crippen LogP) is 4.68. The molecular formula is C18H22BrNO2. The van der Waals surface area contributed by atoms with Crippen molar-refractivity contribution >= 4 is 32.8 Å². The quantitative estimate of drug-likeness (QED) is 0.585. The zero-order valence-electron chi connectivity index (χ0n) is 13.3. The lowest BCUT2D eigenvalue weighted by molar-refractivity contribution is -0.0270. The van der Waals surface area contributed by atoms with Gasteiger partial charge in [0.1, 0.15) is 5.60 Å². The summed E-state index contributed by atoms with van der Waals surface area (Å²) in [5.41, 5.74) is 1.21. The molecule has 1 aliphatic rings. The van der Waals surface area contributed by atoms with Crippen LogP contribution in [-0.4, -0.2) is 21.0 Å². The summed E-state index contributed by atoms with van der Waals surface area (Å²) in [5, 5.41) is 1.13. The summed E-state index contributed by atoms with van der Waals surface area (Å²) < 4.78 is 7.88. The SMILES string of the molecule is Cn1ccc2ccc(C(=O)OC(C)(C)C3CCCC3Br)cc21. The van der Waals surface area contributed by atoms with Gasteiger partial charge in [-0.15, -0.1) is 0 Å². The van der Waals surface area contributed by atoms with Crippen LogP contribution in [0.25, 0.3) is 10.9 Å². The van der Waals surface area contributed by atoms with Crippen LogP contribution < -0.4 is 0 Å². The summed E-state index contributed by atoms with van der Waals surface area (Å²) in [7, 11) is 1.98. The molecule has 1 aromatic carbocycles. The topological polar surface area (TPSA) is 31.2 Å². The first kappa shape index (κ1) is 15.6. The van der Waals surface area contributed by atoms with E-state index in [1.54, 1.807) is 0 Å². The molecule has 2 aromatic rings. The average Bonchev–Trinajstić information content (AvgIpc) is 3.05. The molecule has 0 spiro atoms. The van der Waals surface area contributed by atoms with Crippen LogP contribution in [0.2, 0.25) is 0 Å². The molecule has 22 heavy (non-hydrogen) atoms. The molecular weight excluding hydrogens is 342 g/mol. The standard InChI is InChI=1S/C18H22BrNO2/c1-18(2,14-5-4-6-15(14)19)22-17(21)13-8-7-12-9-10-20(3)16(12)11-13/h7-11,14-15H,4-6H2,1-3H3. The van der Waals surface area contributed by atoms with Gasteiger partial charge in [-0.05, 0) is 50.3 Å². The highest BCUT2D eigenvalue weighted by molar-refractivity contribution is 9.09. The molecule has 4 heteroatoms. The molecule has 1 heterocycles. The van der Waals surface area contributed by atoms with Crippen molar-refractivity contribution in [2.24, 2.45) is 13.0 Å². The molecule has 3 rings (SSSR count). The van der Waals surface area contributed by atoms with E-state index in [1.807, 2.05) is 55.9 Å². The van der Waals surface area contributed by atoms with Crippen LogP contribution in [0.4, 0.5) is 0 Å². The van der Waals surface area contributed by atoms with Gasteiger partial charge in [0.15, 0.2) is 0 Å². The molecule has 0 N–H and O–H groups in total. The Balaban J connectivity index is 1.81. The van der Waals surface area contributed by atoms with E-state index in [-0.39, 0.29) is 5.97 Å². The van der Waals surface area contributed by atoms with Gasteiger partial charge in [-0.25, -0.2) is 4.79 Å². The van der Waals surface area contributed by atoms with E-state index in [2.05, 4.69) is 15.9 Å². The number of alkyl halides is 1. The van der Waals surface area contributed by atoms with Gasteiger partial charge in [-0.1, -0.05) is 28.4 Å². The van der Waals surface area contributed by atoms with Crippen molar-refractivity contribution in [3.8, 4) is 0 Å². The number of benzene rings is 1. The minimum Gasteiger partial charge on any atom is -0.456 e. The van der Waals surface area contributed by atoms with Crippen LogP contribution in [0, 0.1) is 5.92 Å². The Morgan fingerprint density at radius 2 is 2.09 bits per heavy atom. The molecule has 1 aromatic heterocycles. The maximum atomic E-state index is 12.6. The van der Waals surface area contributed by atoms with E-state index in [0.29, 0.717) is 16.3 Å². The Hall–Kier alpha value is -1.29. The van der Waals surface area contributed by atoms with Gasteiger partial charge in [0.05, 0.1) is 5.56 Å². The number of fused-ring (bicyclic) bond motifs is 1. The minimum absolute atomic E-state index is 0.236. The van der Waals surface area contributed by atoms with Crippen LogP contribution >= 0.6 is 15.9 Å². The first-order chi connectivity index (χ1) is 10.4. The van der Waals surface area contributed by atoms with Gasteiger partial charge >= 0.3 is 5.97 Å². The second-order valence-corrected chi connectivity index (χ2v) is 7.92. The van der Waals surface area contributed by atoms with Crippen molar-refractivity contribution in [2.75, 3.05) is 0 Å². The summed E-state index contributed by atoms with van der Waals surface area (Å²) in [6, 6.07) is 7.78. The number of hydrogen-bond acceptors (Lipinski definition) is 2. The van der Waals surface area contributed by atoms with E-state index in [9.17, 15) is 4.79 Å². The Kier molecular flexibility index (Phi) is 4.06. The van der Waals surface area contributed by atoms with Gasteiger partial charge in [-0.2, -0.15) is 0 Å².